The van der Waals surface area contributed by atoms with Crippen molar-refractivity contribution in [2.24, 2.45) is 5.10 Å². The summed E-state index contributed by atoms with van der Waals surface area (Å²) in [7, 11) is 3.17. The Morgan fingerprint density at radius 1 is 1.13 bits per heavy atom. The summed E-state index contributed by atoms with van der Waals surface area (Å²) in [6, 6.07) is 12.5. The second-order valence-corrected chi connectivity index (χ2v) is 5.11. The Labute approximate surface area is 139 Å². The van der Waals surface area contributed by atoms with Gasteiger partial charge in [-0.3, -0.25) is 4.79 Å². The molecule has 0 aromatic heterocycles. The average molecular weight is 333 g/mol. The van der Waals surface area contributed by atoms with Crippen LogP contribution in [-0.2, 0) is 11.2 Å². The lowest BCUT2D eigenvalue weighted by atomic mass is 10.1. The quantitative estimate of drug-likeness (QED) is 0.653. The minimum Gasteiger partial charge on any atom is -0.497 e. The molecule has 0 unspecified atom stereocenters. The van der Waals surface area contributed by atoms with Crippen molar-refractivity contribution in [3.8, 4) is 11.5 Å². The van der Waals surface area contributed by atoms with Crippen LogP contribution in [0.1, 0.15) is 11.1 Å². The molecule has 0 spiro atoms. The van der Waals surface area contributed by atoms with E-state index < -0.39 is 0 Å². The topological polar surface area (TPSA) is 59.9 Å². The molecule has 0 bridgehead atoms. The molecule has 5 nitrogen and oxygen atoms in total. The van der Waals surface area contributed by atoms with Crippen molar-refractivity contribution in [1.29, 1.82) is 0 Å². The molecule has 23 heavy (non-hydrogen) atoms. The van der Waals surface area contributed by atoms with E-state index >= 15 is 0 Å². The maximum atomic E-state index is 11.9. The molecule has 2 aromatic carbocycles. The molecule has 2 rings (SSSR count). The lowest BCUT2D eigenvalue weighted by molar-refractivity contribution is -0.120. The lowest BCUT2D eigenvalue weighted by Crippen LogP contribution is -2.20. The zero-order valence-corrected chi connectivity index (χ0v) is 13.6. The van der Waals surface area contributed by atoms with E-state index in [-0.39, 0.29) is 12.3 Å². The Hall–Kier alpha value is -2.53. The standard InChI is InChI=1S/C17H17ClN2O3/c1-22-14-5-3-12(4-6-14)11-19-20-17(21)10-13-9-15(23-2)7-8-16(13)18/h3-9,11H,10H2,1-2H3,(H,20,21)/b19-11+. The zero-order valence-electron chi connectivity index (χ0n) is 12.9. The second-order valence-electron chi connectivity index (χ2n) is 4.70. The fraction of sp³-hybridized carbons (Fsp3) is 0.176. The Morgan fingerprint density at radius 2 is 1.78 bits per heavy atom. The van der Waals surface area contributed by atoms with Gasteiger partial charge in [-0.2, -0.15) is 5.10 Å². The molecule has 0 aliphatic rings. The summed E-state index contributed by atoms with van der Waals surface area (Å²) in [5.74, 6) is 1.16. The van der Waals surface area contributed by atoms with E-state index in [0.29, 0.717) is 16.3 Å². The van der Waals surface area contributed by atoms with Crippen LogP contribution in [0.25, 0.3) is 0 Å². The molecule has 120 valence electrons. The third-order valence-electron chi connectivity index (χ3n) is 3.12. The number of methoxy groups -OCH3 is 2. The van der Waals surface area contributed by atoms with E-state index in [4.69, 9.17) is 21.1 Å². The molecule has 0 saturated heterocycles. The smallest absolute Gasteiger partial charge is 0.244 e. The average Bonchev–Trinajstić information content (AvgIpc) is 2.57. The third-order valence-corrected chi connectivity index (χ3v) is 3.49. The fourth-order valence-corrected chi connectivity index (χ4v) is 2.08. The summed E-state index contributed by atoms with van der Waals surface area (Å²) < 4.78 is 10.2. The number of rotatable bonds is 6. The number of benzene rings is 2. The van der Waals surface area contributed by atoms with Crippen LogP contribution in [0.5, 0.6) is 11.5 Å². The monoisotopic (exact) mass is 332 g/mol. The highest BCUT2D eigenvalue weighted by molar-refractivity contribution is 6.31. The number of hydrazone groups is 1. The normalized spacial score (nSPS) is 10.6. The zero-order chi connectivity index (χ0) is 16.7. The van der Waals surface area contributed by atoms with Crippen molar-refractivity contribution < 1.29 is 14.3 Å². The molecule has 0 saturated carbocycles. The maximum Gasteiger partial charge on any atom is 0.244 e. The first-order chi connectivity index (χ1) is 11.1. The highest BCUT2D eigenvalue weighted by Gasteiger charge is 2.07. The van der Waals surface area contributed by atoms with Crippen molar-refractivity contribution in [2.45, 2.75) is 6.42 Å². The van der Waals surface area contributed by atoms with E-state index in [0.717, 1.165) is 11.3 Å². The van der Waals surface area contributed by atoms with Crippen LogP contribution >= 0.6 is 11.6 Å². The SMILES string of the molecule is COc1ccc(/C=N/NC(=O)Cc2cc(OC)ccc2Cl)cc1. The van der Waals surface area contributed by atoms with Crippen LogP contribution in [0.4, 0.5) is 0 Å². The van der Waals surface area contributed by atoms with Crippen molar-refractivity contribution in [3.05, 3.63) is 58.6 Å². The number of ether oxygens (including phenoxy) is 2. The van der Waals surface area contributed by atoms with E-state index in [1.54, 1.807) is 38.6 Å². The molecular weight excluding hydrogens is 316 g/mol. The van der Waals surface area contributed by atoms with Gasteiger partial charge in [-0.05, 0) is 53.6 Å². The van der Waals surface area contributed by atoms with Crippen LogP contribution in [0, 0.1) is 0 Å². The van der Waals surface area contributed by atoms with E-state index in [2.05, 4.69) is 10.5 Å². The number of nitrogens with one attached hydrogen (secondary N) is 1. The molecule has 2 aromatic rings. The van der Waals surface area contributed by atoms with Crippen LogP contribution < -0.4 is 14.9 Å². The first-order valence-corrected chi connectivity index (χ1v) is 7.28. The number of hydrogen-bond donors (Lipinski definition) is 1. The molecule has 1 amide bonds. The molecule has 6 heteroatoms. The van der Waals surface area contributed by atoms with Gasteiger partial charge in [-0.1, -0.05) is 11.6 Å². The molecule has 0 atom stereocenters. The van der Waals surface area contributed by atoms with Crippen LogP contribution in [0.3, 0.4) is 0 Å². The summed E-state index contributed by atoms with van der Waals surface area (Å²) in [5, 5.41) is 4.44. The van der Waals surface area contributed by atoms with E-state index in [1.165, 1.54) is 0 Å². The van der Waals surface area contributed by atoms with Crippen molar-refractivity contribution in [3.63, 3.8) is 0 Å². The first-order valence-electron chi connectivity index (χ1n) is 6.90. The van der Waals surface area contributed by atoms with E-state index in [1.807, 2.05) is 24.3 Å². The minimum absolute atomic E-state index is 0.121. The van der Waals surface area contributed by atoms with Crippen LogP contribution in [-0.4, -0.2) is 26.3 Å². The molecule has 1 N–H and O–H groups in total. The first kappa shape index (κ1) is 16.8. The van der Waals surface area contributed by atoms with Gasteiger partial charge in [-0.15, -0.1) is 0 Å². The Morgan fingerprint density at radius 3 is 2.43 bits per heavy atom. The molecule has 0 heterocycles. The van der Waals surface area contributed by atoms with Crippen LogP contribution in [0.2, 0.25) is 5.02 Å². The van der Waals surface area contributed by atoms with Gasteiger partial charge in [-0.25, -0.2) is 5.43 Å². The van der Waals surface area contributed by atoms with Gasteiger partial charge in [0, 0.05) is 5.02 Å². The number of hydrogen-bond acceptors (Lipinski definition) is 4. The van der Waals surface area contributed by atoms with Gasteiger partial charge < -0.3 is 9.47 Å². The molecule has 0 aliphatic heterocycles. The summed E-state index contributed by atoms with van der Waals surface area (Å²) in [6.45, 7) is 0. The molecule has 0 radical (unpaired) electrons. The Balaban J connectivity index is 1.93. The van der Waals surface area contributed by atoms with Crippen LogP contribution in [0.15, 0.2) is 47.6 Å². The van der Waals surface area contributed by atoms with Crippen molar-refractivity contribution >= 4 is 23.7 Å². The number of carbonyl (C=O) groups is 1. The second kappa shape index (κ2) is 8.19. The predicted octanol–water partition coefficient (Wildman–Crippen LogP) is 3.05. The van der Waals surface area contributed by atoms with Gasteiger partial charge >= 0.3 is 0 Å². The highest BCUT2D eigenvalue weighted by Crippen LogP contribution is 2.22. The third kappa shape index (κ3) is 5.00. The molecular formula is C17H17ClN2O3. The van der Waals surface area contributed by atoms with Gasteiger partial charge in [0.1, 0.15) is 11.5 Å². The van der Waals surface area contributed by atoms with Gasteiger partial charge in [0.15, 0.2) is 0 Å². The maximum absolute atomic E-state index is 11.9. The summed E-state index contributed by atoms with van der Waals surface area (Å²) in [6.07, 6.45) is 1.68. The highest BCUT2D eigenvalue weighted by atomic mass is 35.5. The Kier molecular flexibility index (Phi) is 6.00. The number of carbonyl (C=O) groups excluding carboxylic acids is 1. The predicted molar refractivity (Wildman–Crippen MR) is 90.4 cm³/mol. The Bertz CT molecular complexity index is 699. The molecule has 0 aliphatic carbocycles. The van der Waals surface area contributed by atoms with E-state index in [9.17, 15) is 4.79 Å². The largest absolute Gasteiger partial charge is 0.497 e. The fourth-order valence-electron chi connectivity index (χ4n) is 1.89. The van der Waals surface area contributed by atoms with Gasteiger partial charge in [0.2, 0.25) is 5.91 Å². The summed E-state index contributed by atoms with van der Waals surface area (Å²) >= 11 is 6.07. The summed E-state index contributed by atoms with van der Waals surface area (Å²) in [5.41, 5.74) is 4.01. The lowest BCUT2D eigenvalue weighted by Gasteiger charge is -2.06. The summed E-state index contributed by atoms with van der Waals surface area (Å²) in [4.78, 5) is 11.9. The number of nitrogens with zero attached hydrogens (tertiary/aromatic N) is 1. The van der Waals surface area contributed by atoms with Gasteiger partial charge in [0.25, 0.3) is 0 Å². The minimum atomic E-state index is -0.259. The van der Waals surface area contributed by atoms with Gasteiger partial charge in [0.05, 0.1) is 26.9 Å². The molecule has 0 fully saturated rings. The number of halogens is 1. The van der Waals surface area contributed by atoms with Crippen molar-refractivity contribution in [1.82, 2.24) is 5.43 Å². The number of amides is 1. The van der Waals surface area contributed by atoms with Crippen molar-refractivity contribution in [2.75, 3.05) is 14.2 Å².